The second-order valence-electron chi connectivity index (χ2n) is 7.61. The SMILES string of the molecule is Oc1ccc(N=Nc2ccc3c(c2)CC(c2ccccn2)N3Cc2ccccn2)c(O)c1. The van der Waals surface area contributed by atoms with Gasteiger partial charge >= 0.3 is 0 Å². The lowest BCUT2D eigenvalue weighted by Gasteiger charge is -2.27. The maximum absolute atomic E-state index is 9.93. The van der Waals surface area contributed by atoms with Gasteiger partial charge in [0, 0.05) is 30.6 Å². The second kappa shape index (κ2) is 8.47. The normalized spacial score (nSPS) is 15.2. The van der Waals surface area contributed by atoms with Crippen LogP contribution in [0.2, 0.25) is 0 Å². The van der Waals surface area contributed by atoms with E-state index in [4.69, 9.17) is 0 Å². The molecular formula is C25H21N5O2. The van der Waals surface area contributed by atoms with Gasteiger partial charge in [-0.3, -0.25) is 9.97 Å². The standard InChI is InChI=1S/C25H21N5O2/c31-20-8-9-22(25(32)15-20)29-28-18-7-10-23-17(13-18)14-24(21-6-2-4-12-27-21)30(23)16-19-5-1-3-11-26-19/h1-13,15,24,31-32H,14,16H2. The van der Waals surface area contributed by atoms with E-state index in [2.05, 4.69) is 31.2 Å². The maximum Gasteiger partial charge on any atom is 0.146 e. The number of rotatable bonds is 5. The predicted octanol–water partition coefficient (Wildman–Crippen LogP) is 5.61. The van der Waals surface area contributed by atoms with E-state index in [1.54, 1.807) is 0 Å². The summed E-state index contributed by atoms with van der Waals surface area (Å²) in [6.45, 7) is 0.678. The third kappa shape index (κ3) is 4.00. The summed E-state index contributed by atoms with van der Waals surface area (Å²) < 4.78 is 0. The highest BCUT2D eigenvalue weighted by atomic mass is 16.3. The van der Waals surface area contributed by atoms with Gasteiger partial charge in [0.15, 0.2) is 0 Å². The Kier molecular flexibility index (Phi) is 5.21. The summed E-state index contributed by atoms with van der Waals surface area (Å²) in [4.78, 5) is 11.4. The first-order valence-corrected chi connectivity index (χ1v) is 10.3. The zero-order valence-corrected chi connectivity index (χ0v) is 17.2. The van der Waals surface area contributed by atoms with Gasteiger partial charge in [0.05, 0.1) is 29.7 Å². The molecule has 7 heteroatoms. The van der Waals surface area contributed by atoms with E-state index in [1.165, 1.54) is 18.2 Å². The molecule has 0 aliphatic carbocycles. The number of nitrogens with zero attached hydrogens (tertiary/aromatic N) is 5. The number of azo groups is 1. The molecule has 5 rings (SSSR count). The molecule has 7 nitrogen and oxygen atoms in total. The summed E-state index contributed by atoms with van der Waals surface area (Å²) in [6.07, 6.45) is 4.43. The van der Waals surface area contributed by atoms with Crippen LogP contribution < -0.4 is 4.90 Å². The Morgan fingerprint density at radius 3 is 2.47 bits per heavy atom. The van der Waals surface area contributed by atoms with Crippen molar-refractivity contribution in [3.8, 4) is 11.5 Å². The summed E-state index contributed by atoms with van der Waals surface area (Å²) in [6, 6.07) is 22.2. The molecule has 3 heterocycles. The smallest absolute Gasteiger partial charge is 0.146 e. The van der Waals surface area contributed by atoms with Crippen LogP contribution in [0.1, 0.15) is 23.0 Å². The van der Waals surface area contributed by atoms with E-state index in [9.17, 15) is 10.2 Å². The van der Waals surface area contributed by atoms with E-state index in [0.29, 0.717) is 17.9 Å². The van der Waals surface area contributed by atoms with Crippen molar-refractivity contribution >= 4 is 17.1 Å². The van der Waals surface area contributed by atoms with E-state index < -0.39 is 0 Å². The first-order valence-electron chi connectivity index (χ1n) is 10.3. The van der Waals surface area contributed by atoms with Crippen molar-refractivity contribution in [1.29, 1.82) is 0 Å². The Morgan fingerprint density at radius 2 is 1.72 bits per heavy atom. The minimum absolute atomic E-state index is 0.0208. The lowest BCUT2D eigenvalue weighted by atomic mass is 10.1. The summed E-state index contributed by atoms with van der Waals surface area (Å²) in [5.74, 6) is -0.140. The molecule has 2 aromatic carbocycles. The summed E-state index contributed by atoms with van der Waals surface area (Å²) >= 11 is 0. The minimum atomic E-state index is -0.119. The molecule has 0 bridgehead atoms. The van der Waals surface area contributed by atoms with Gasteiger partial charge in [0.25, 0.3) is 0 Å². The Morgan fingerprint density at radius 1 is 0.875 bits per heavy atom. The van der Waals surface area contributed by atoms with Crippen molar-refractivity contribution in [2.75, 3.05) is 4.90 Å². The highest BCUT2D eigenvalue weighted by molar-refractivity contribution is 5.65. The Labute approximate surface area is 185 Å². The number of pyridine rings is 2. The van der Waals surface area contributed by atoms with Crippen molar-refractivity contribution < 1.29 is 10.2 Å². The first-order chi connectivity index (χ1) is 15.7. The van der Waals surface area contributed by atoms with E-state index >= 15 is 0 Å². The quantitative estimate of drug-likeness (QED) is 0.407. The molecule has 32 heavy (non-hydrogen) atoms. The van der Waals surface area contributed by atoms with Crippen molar-refractivity contribution in [3.63, 3.8) is 0 Å². The number of phenolic OH excluding ortho intramolecular Hbond substituents is 2. The van der Waals surface area contributed by atoms with Gasteiger partial charge in [-0.05, 0) is 60.2 Å². The lowest BCUT2D eigenvalue weighted by molar-refractivity contribution is 0.451. The van der Waals surface area contributed by atoms with Crippen LogP contribution in [-0.2, 0) is 13.0 Å². The number of aromatic nitrogens is 2. The molecule has 1 unspecified atom stereocenters. The monoisotopic (exact) mass is 423 g/mol. The van der Waals surface area contributed by atoms with Crippen LogP contribution in [0.5, 0.6) is 11.5 Å². The fourth-order valence-electron chi connectivity index (χ4n) is 3.97. The van der Waals surface area contributed by atoms with Gasteiger partial charge in [-0.2, -0.15) is 5.11 Å². The molecule has 158 valence electrons. The highest BCUT2D eigenvalue weighted by Gasteiger charge is 2.31. The fourth-order valence-corrected chi connectivity index (χ4v) is 3.97. The molecule has 0 radical (unpaired) electrons. The molecular weight excluding hydrogens is 402 g/mol. The molecule has 0 amide bonds. The summed E-state index contributed by atoms with van der Waals surface area (Å²) in [5, 5.41) is 27.8. The maximum atomic E-state index is 9.93. The Bertz CT molecular complexity index is 1260. The molecule has 4 aromatic rings. The molecule has 2 aromatic heterocycles. The van der Waals surface area contributed by atoms with Crippen LogP contribution in [-0.4, -0.2) is 20.2 Å². The van der Waals surface area contributed by atoms with Gasteiger partial charge in [-0.15, -0.1) is 5.11 Å². The second-order valence-corrected chi connectivity index (χ2v) is 7.61. The Hall–Kier alpha value is -4.26. The molecule has 1 atom stereocenters. The molecule has 0 saturated heterocycles. The van der Waals surface area contributed by atoms with E-state index in [1.807, 2.05) is 60.9 Å². The largest absolute Gasteiger partial charge is 0.508 e. The third-order valence-electron chi connectivity index (χ3n) is 5.48. The number of hydrogen-bond donors (Lipinski definition) is 2. The van der Waals surface area contributed by atoms with E-state index in [-0.39, 0.29) is 17.5 Å². The average molecular weight is 423 g/mol. The fraction of sp³-hybridized carbons (Fsp3) is 0.120. The topological polar surface area (TPSA) is 94.2 Å². The number of benzene rings is 2. The number of anilines is 1. The molecule has 0 saturated carbocycles. The van der Waals surface area contributed by atoms with Crippen LogP contribution in [0.4, 0.5) is 17.1 Å². The van der Waals surface area contributed by atoms with Crippen LogP contribution in [0, 0.1) is 0 Å². The zero-order valence-electron chi connectivity index (χ0n) is 17.2. The third-order valence-corrected chi connectivity index (χ3v) is 5.48. The van der Waals surface area contributed by atoms with Crippen LogP contribution >= 0.6 is 0 Å². The van der Waals surface area contributed by atoms with Gasteiger partial charge in [0.2, 0.25) is 0 Å². The molecule has 2 N–H and O–H groups in total. The molecule has 1 aliphatic heterocycles. The number of aromatic hydroxyl groups is 2. The predicted molar refractivity (Wildman–Crippen MR) is 121 cm³/mol. The van der Waals surface area contributed by atoms with Gasteiger partial charge in [-0.1, -0.05) is 12.1 Å². The minimum Gasteiger partial charge on any atom is -0.508 e. The summed E-state index contributed by atoms with van der Waals surface area (Å²) in [7, 11) is 0. The van der Waals surface area contributed by atoms with Gasteiger partial charge in [0.1, 0.15) is 17.2 Å². The van der Waals surface area contributed by atoms with Crippen molar-refractivity contribution in [3.05, 3.63) is 102 Å². The number of phenols is 2. The van der Waals surface area contributed by atoms with E-state index in [0.717, 1.165) is 29.1 Å². The van der Waals surface area contributed by atoms with Crippen LogP contribution in [0.3, 0.4) is 0 Å². The highest BCUT2D eigenvalue weighted by Crippen LogP contribution is 2.42. The number of fused-ring (bicyclic) bond motifs is 1. The number of hydrogen-bond acceptors (Lipinski definition) is 7. The molecule has 1 aliphatic rings. The molecule has 0 spiro atoms. The van der Waals surface area contributed by atoms with Crippen molar-refractivity contribution in [1.82, 2.24) is 9.97 Å². The van der Waals surface area contributed by atoms with Crippen molar-refractivity contribution in [2.24, 2.45) is 10.2 Å². The molecule has 0 fully saturated rings. The summed E-state index contributed by atoms with van der Waals surface area (Å²) in [5.41, 5.74) is 5.27. The van der Waals surface area contributed by atoms with Crippen LogP contribution in [0.25, 0.3) is 0 Å². The van der Waals surface area contributed by atoms with Gasteiger partial charge in [-0.25, -0.2) is 0 Å². The van der Waals surface area contributed by atoms with Crippen molar-refractivity contribution in [2.45, 2.75) is 19.0 Å². The lowest BCUT2D eigenvalue weighted by Crippen LogP contribution is -2.25. The van der Waals surface area contributed by atoms with Crippen LogP contribution in [0.15, 0.2) is 95.4 Å². The Balaban J connectivity index is 1.46. The first kappa shape index (κ1) is 19.7. The zero-order chi connectivity index (χ0) is 21.9. The average Bonchev–Trinajstić information content (AvgIpc) is 3.17. The van der Waals surface area contributed by atoms with Gasteiger partial charge < -0.3 is 15.1 Å².